The summed E-state index contributed by atoms with van der Waals surface area (Å²) in [6, 6.07) is 14.8. The molecular formula is C20H18N2O2S2. The first-order chi connectivity index (χ1) is 12.4. The van der Waals surface area contributed by atoms with Gasteiger partial charge >= 0.3 is 0 Å². The fourth-order valence-electron chi connectivity index (χ4n) is 2.68. The highest BCUT2D eigenvalue weighted by molar-refractivity contribution is 8.27. The Morgan fingerprint density at radius 2 is 1.81 bits per heavy atom. The first kappa shape index (κ1) is 18.4. The maximum absolute atomic E-state index is 12.9. The van der Waals surface area contributed by atoms with Gasteiger partial charge in [0.05, 0.1) is 16.2 Å². The lowest BCUT2D eigenvalue weighted by Crippen LogP contribution is -2.30. The molecule has 1 aliphatic rings. The highest BCUT2D eigenvalue weighted by Crippen LogP contribution is 2.37. The van der Waals surface area contributed by atoms with Crippen molar-refractivity contribution in [2.24, 2.45) is 5.73 Å². The summed E-state index contributed by atoms with van der Waals surface area (Å²) in [6.45, 7) is 4.27. The number of hydrogen-bond acceptors (Lipinski definition) is 4. The lowest BCUT2D eigenvalue weighted by atomic mass is 10.0. The van der Waals surface area contributed by atoms with Crippen LogP contribution in [0.1, 0.15) is 41.3 Å². The van der Waals surface area contributed by atoms with E-state index in [1.54, 1.807) is 24.3 Å². The van der Waals surface area contributed by atoms with E-state index in [0.717, 1.165) is 5.56 Å². The molecule has 1 saturated heterocycles. The Bertz CT molecular complexity index is 918. The van der Waals surface area contributed by atoms with Crippen molar-refractivity contribution in [1.82, 2.24) is 0 Å². The molecule has 0 aliphatic carbocycles. The zero-order valence-electron chi connectivity index (χ0n) is 14.4. The first-order valence-corrected chi connectivity index (χ1v) is 9.37. The predicted molar refractivity (Wildman–Crippen MR) is 111 cm³/mol. The van der Waals surface area contributed by atoms with Crippen LogP contribution in [0.4, 0.5) is 5.69 Å². The average Bonchev–Trinajstić information content (AvgIpc) is 2.89. The van der Waals surface area contributed by atoms with Crippen LogP contribution >= 0.6 is 24.0 Å². The minimum Gasteiger partial charge on any atom is -0.366 e. The molecule has 6 heteroatoms. The number of carbonyl (C=O) groups is 2. The molecule has 0 unspecified atom stereocenters. The highest BCUT2D eigenvalue weighted by atomic mass is 32.2. The molecule has 0 radical (unpaired) electrons. The van der Waals surface area contributed by atoms with Gasteiger partial charge in [0.2, 0.25) is 0 Å². The van der Waals surface area contributed by atoms with Crippen molar-refractivity contribution in [2.75, 3.05) is 4.90 Å². The second-order valence-electron chi connectivity index (χ2n) is 6.22. The van der Waals surface area contributed by atoms with Crippen molar-refractivity contribution in [3.63, 3.8) is 0 Å². The molecule has 132 valence electrons. The van der Waals surface area contributed by atoms with Gasteiger partial charge in [-0.3, -0.25) is 14.5 Å². The lowest BCUT2D eigenvalue weighted by molar-refractivity contribution is -0.113. The average molecular weight is 383 g/mol. The molecular weight excluding hydrogens is 364 g/mol. The van der Waals surface area contributed by atoms with Crippen molar-refractivity contribution < 1.29 is 9.59 Å². The van der Waals surface area contributed by atoms with E-state index >= 15 is 0 Å². The summed E-state index contributed by atoms with van der Waals surface area (Å²) in [5, 5.41) is 0. The maximum Gasteiger partial charge on any atom is 0.270 e. The fraction of sp³-hybridized carbons (Fsp3) is 0.150. The molecule has 2 N–H and O–H groups in total. The van der Waals surface area contributed by atoms with Gasteiger partial charge in [-0.2, -0.15) is 0 Å². The molecule has 3 rings (SSSR count). The van der Waals surface area contributed by atoms with Gasteiger partial charge in [0.25, 0.3) is 11.8 Å². The van der Waals surface area contributed by atoms with E-state index in [1.807, 2.05) is 18.2 Å². The number of anilines is 1. The Hall–Kier alpha value is -2.44. The number of carbonyl (C=O) groups excluding carboxylic acids is 2. The van der Waals surface area contributed by atoms with Gasteiger partial charge in [-0.05, 0) is 35.3 Å². The highest BCUT2D eigenvalue weighted by Gasteiger charge is 2.35. The van der Waals surface area contributed by atoms with Crippen molar-refractivity contribution in [3.05, 3.63) is 70.1 Å². The molecule has 2 amide bonds. The molecule has 2 aromatic carbocycles. The van der Waals surface area contributed by atoms with Gasteiger partial charge in [-0.25, -0.2) is 0 Å². The molecule has 0 aromatic heterocycles. The van der Waals surface area contributed by atoms with Gasteiger partial charge in [-0.15, -0.1) is 0 Å². The molecule has 0 saturated carbocycles. The van der Waals surface area contributed by atoms with E-state index in [0.29, 0.717) is 20.8 Å². The largest absolute Gasteiger partial charge is 0.366 e. The van der Waals surface area contributed by atoms with Crippen LogP contribution in [-0.2, 0) is 4.79 Å². The normalized spacial score (nSPS) is 16.0. The summed E-state index contributed by atoms with van der Waals surface area (Å²) in [4.78, 5) is 26.4. The summed E-state index contributed by atoms with van der Waals surface area (Å²) in [5.41, 5.74) is 8.29. The van der Waals surface area contributed by atoms with Gasteiger partial charge in [0.15, 0.2) is 4.32 Å². The number of hydrogen-bond donors (Lipinski definition) is 1. The number of nitrogens with two attached hydrogens (primary N) is 1. The summed E-state index contributed by atoms with van der Waals surface area (Å²) in [5.74, 6) is -0.392. The van der Waals surface area contributed by atoms with Crippen LogP contribution in [0, 0.1) is 0 Å². The van der Waals surface area contributed by atoms with Gasteiger partial charge in [-0.1, -0.05) is 74.2 Å². The molecule has 2 aromatic rings. The monoisotopic (exact) mass is 382 g/mol. The second-order valence-corrected chi connectivity index (χ2v) is 7.90. The molecule has 4 nitrogen and oxygen atoms in total. The smallest absolute Gasteiger partial charge is 0.270 e. The van der Waals surface area contributed by atoms with E-state index in [1.165, 1.54) is 22.2 Å². The zero-order chi connectivity index (χ0) is 18.8. The predicted octanol–water partition coefficient (Wildman–Crippen LogP) is 4.31. The molecule has 26 heavy (non-hydrogen) atoms. The number of rotatable bonds is 4. The lowest BCUT2D eigenvalue weighted by Gasteiger charge is -2.17. The van der Waals surface area contributed by atoms with Crippen LogP contribution in [-0.4, -0.2) is 16.1 Å². The van der Waals surface area contributed by atoms with Crippen LogP contribution in [0.5, 0.6) is 0 Å². The topological polar surface area (TPSA) is 63.4 Å². The molecule has 1 aliphatic heterocycles. The van der Waals surface area contributed by atoms with Crippen LogP contribution < -0.4 is 10.6 Å². The van der Waals surface area contributed by atoms with E-state index < -0.39 is 5.91 Å². The maximum atomic E-state index is 12.9. The summed E-state index contributed by atoms with van der Waals surface area (Å²) in [6.07, 6.45) is 1.82. The third kappa shape index (κ3) is 3.57. The van der Waals surface area contributed by atoms with Crippen molar-refractivity contribution >= 4 is 51.9 Å². The van der Waals surface area contributed by atoms with E-state index in [2.05, 4.69) is 26.0 Å². The zero-order valence-corrected chi connectivity index (χ0v) is 16.1. The first-order valence-electron chi connectivity index (χ1n) is 8.15. The van der Waals surface area contributed by atoms with Gasteiger partial charge in [0.1, 0.15) is 0 Å². The quantitative estimate of drug-likeness (QED) is 0.632. The minimum absolute atomic E-state index is 0.248. The number of primary amides is 1. The summed E-state index contributed by atoms with van der Waals surface area (Å²) >= 11 is 6.59. The Morgan fingerprint density at radius 1 is 1.15 bits per heavy atom. The Balaban J connectivity index is 1.93. The molecule has 0 atom stereocenters. The molecule has 0 spiro atoms. The Morgan fingerprint density at radius 3 is 2.42 bits per heavy atom. The summed E-state index contributed by atoms with van der Waals surface area (Å²) < 4.78 is 0.383. The van der Waals surface area contributed by atoms with Crippen LogP contribution in [0.3, 0.4) is 0 Å². The SMILES string of the molecule is CC(C)c1ccc(/C=C2\SC(=S)N(c3ccccc3C(N)=O)C2=O)cc1. The molecule has 1 heterocycles. The number of amides is 2. The third-order valence-electron chi connectivity index (χ3n) is 4.11. The minimum atomic E-state index is -0.595. The van der Waals surface area contributed by atoms with Crippen LogP contribution in [0.15, 0.2) is 53.4 Å². The van der Waals surface area contributed by atoms with Crippen LogP contribution in [0.2, 0.25) is 0 Å². The number of nitrogens with zero attached hydrogens (tertiary/aromatic N) is 1. The van der Waals surface area contributed by atoms with Crippen molar-refractivity contribution in [1.29, 1.82) is 0 Å². The van der Waals surface area contributed by atoms with E-state index in [9.17, 15) is 9.59 Å². The van der Waals surface area contributed by atoms with Gasteiger partial charge in [0, 0.05) is 0 Å². The Labute approximate surface area is 162 Å². The second kappa shape index (κ2) is 7.43. The van der Waals surface area contributed by atoms with E-state index in [-0.39, 0.29) is 11.5 Å². The number of benzene rings is 2. The van der Waals surface area contributed by atoms with Crippen molar-refractivity contribution in [3.8, 4) is 0 Å². The number of para-hydroxylation sites is 1. The Kier molecular flexibility index (Phi) is 5.25. The number of thiocarbonyl (C=S) groups is 1. The third-order valence-corrected chi connectivity index (χ3v) is 5.41. The molecule has 1 fully saturated rings. The van der Waals surface area contributed by atoms with Gasteiger partial charge < -0.3 is 5.73 Å². The fourth-order valence-corrected chi connectivity index (χ4v) is 3.97. The van der Waals surface area contributed by atoms with Crippen molar-refractivity contribution in [2.45, 2.75) is 19.8 Å². The standard InChI is InChI=1S/C20H18N2O2S2/c1-12(2)14-9-7-13(8-10-14)11-17-19(24)22(20(25)26-17)16-6-4-3-5-15(16)18(21)23/h3-12H,1-2H3,(H2,21,23)/b17-11-. The number of thioether (sulfide) groups is 1. The molecule has 0 bridgehead atoms. The van der Waals surface area contributed by atoms with E-state index in [4.69, 9.17) is 18.0 Å². The summed E-state index contributed by atoms with van der Waals surface area (Å²) in [7, 11) is 0. The van der Waals surface area contributed by atoms with Crippen LogP contribution in [0.25, 0.3) is 6.08 Å².